The van der Waals surface area contributed by atoms with E-state index in [0.29, 0.717) is 5.56 Å². The summed E-state index contributed by atoms with van der Waals surface area (Å²) in [4.78, 5) is 18.6. The topological polar surface area (TPSA) is 47.6 Å². The van der Waals surface area contributed by atoms with E-state index in [1.807, 2.05) is 48.7 Å². The molecule has 0 aromatic heterocycles. The number of ether oxygens (including phenoxy) is 1. The van der Waals surface area contributed by atoms with Crippen molar-refractivity contribution in [2.45, 2.75) is 17.7 Å². The predicted molar refractivity (Wildman–Crippen MR) is 96.1 cm³/mol. The number of hydrogen-bond acceptors (Lipinski definition) is 5. The Morgan fingerprint density at radius 2 is 2.04 bits per heavy atom. The summed E-state index contributed by atoms with van der Waals surface area (Å²) in [6.45, 7) is 0. The molecule has 2 aromatic carbocycles. The minimum atomic E-state index is -0.393. The van der Waals surface area contributed by atoms with Crippen molar-refractivity contribution >= 4 is 23.4 Å². The van der Waals surface area contributed by atoms with Gasteiger partial charge in [0.1, 0.15) is 5.75 Å². The van der Waals surface area contributed by atoms with Gasteiger partial charge in [-0.1, -0.05) is 24.3 Å². The maximum absolute atomic E-state index is 12.4. The van der Waals surface area contributed by atoms with Gasteiger partial charge >= 0.3 is 5.97 Å². The Kier molecular flexibility index (Phi) is 5.11. The van der Waals surface area contributed by atoms with E-state index >= 15 is 0 Å². The van der Waals surface area contributed by atoms with Crippen LogP contribution in [0.15, 0.2) is 53.4 Å². The number of rotatable bonds is 5. The minimum Gasteiger partial charge on any atom is -0.497 e. The zero-order chi connectivity index (χ0) is 16.9. The number of carbonyl (C=O) groups is 1. The first-order valence-electron chi connectivity index (χ1n) is 7.70. The van der Waals surface area contributed by atoms with Crippen LogP contribution in [0.5, 0.6) is 5.75 Å². The molecule has 0 radical (unpaired) electrons. The van der Waals surface area contributed by atoms with Crippen LogP contribution in [-0.2, 0) is 11.3 Å². The molecule has 1 aliphatic rings. The molecule has 0 aliphatic heterocycles. The Morgan fingerprint density at radius 3 is 2.83 bits per heavy atom. The van der Waals surface area contributed by atoms with Gasteiger partial charge in [-0.05, 0) is 48.9 Å². The van der Waals surface area contributed by atoms with Crippen molar-refractivity contribution in [1.29, 1.82) is 0 Å². The van der Waals surface area contributed by atoms with Crippen LogP contribution in [0.1, 0.15) is 27.9 Å². The Balaban J connectivity index is 1.76. The van der Waals surface area contributed by atoms with E-state index in [-0.39, 0.29) is 0 Å². The van der Waals surface area contributed by atoms with Crippen LogP contribution in [0, 0.1) is 0 Å². The second-order valence-corrected chi connectivity index (χ2v) is 6.22. The van der Waals surface area contributed by atoms with Crippen LogP contribution < -0.4 is 10.2 Å². The van der Waals surface area contributed by atoms with Crippen molar-refractivity contribution in [1.82, 2.24) is 5.48 Å². The molecule has 0 saturated carbocycles. The molecule has 1 N–H and O–H groups in total. The number of thioether (sulfide) groups is 1. The summed E-state index contributed by atoms with van der Waals surface area (Å²) < 4.78 is 5.29. The highest BCUT2D eigenvalue weighted by Gasteiger charge is 2.17. The molecule has 0 unspecified atom stereocenters. The van der Waals surface area contributed by atoms with Gasteiger partial charge in [0.05, 0.1) is 18.4 Å². The lowest BCUT2D eigenvalue weighted by molar-refractivity contribution is 0.0364. The first kappa shape index (κ1) is 16.5. The zero-order valence-electron chi connectivity index (χ0n) is 13.7. The molecule has 124 valence electrons. The highest BCUT2D eigenvalue weighted by Crippen LogP contribution is 2.28. The molecule has 24 heavy (non-hydrogen) atoms. The van der Waals surface area contributed by atoms with Crippen LogP contribution in [0.4, 0.5) is 0 Å². The molecule has 0 spiro atoms. The van der Waals surface area contributed by atoms with E-state index in [1.54, 1.807) is 13.2 Å². The fourth-order valence-electron chi connectivity index (χ4n) is 2.70. The van der Waals surface area contributed by atoms with Gasteiger partial charge in [0.15, 0.2) is 0 Å². The lowest BCUT2D eigenvalue weighted by Gasteiger charge is -2.19. The number of carbonyl (C=O) groups excluding carboxylic acids is 1. The Hall–Kier alpha value is -2.40. The summed E-state index contributed by atoms with van der Waals surface area (Å²) in [5, 5.41) is 0. The van der Waals surface area contributed by atoms with Crippen LogP contribution in [0.25, 0.3) is 5.70 Å². The summed E-state index contributed by atoms with van der Waals surface area (Å²) >= 11 is 1.52. The maximum Gasteiger partial charge on any atom is 0.363 e. The van der Waals surface area contributed by atoms with Gasteiger partial charge < -0.3 is 9.57 Å². The quantitative estimate of drug-likeness (QED) is 0.656. The molecular weight excluding hydrogens is 322 g/mol. The van der Waals surface area contributed by atoms with Crippen LogP contribution in [-0.4, -0.2) is 19.3 Å². The third-order valence-corrected chi connectivity index (χ3v) is 4.75. The average molecular weight is 341 g/mol. The number of allylic oxidation sites excluding steroid dienone is 1. The smallest absolute Gasteiger partial charge is 0.363 e. The fraction of sp³-hybridized carbons (Fsp3) is 0.211. The summed E-state index contributed by atoms with van der Waals surface area (Å²) in [6.07, 6.45) is 5.84. The van der Waals surface area contributed by atoms with Gasteiger partial charge in [-0.15, -0.1) is 11.8 Å². The monoisotopic (exact) mass is 341 g/mol. The summed E-state index contributed by atoms with van der Waals surface area (Å²) in [5.74, 6) is 0.387. The normalized spacial score (nSPS) is 12.8. The highest BCUT2D eigenvalue weighted by atomic mass is 32.2. The van der Waals surface area contributed by atoms with E-state index in [2.05, 4.69) is 5.48 Å². The molecule has 2 aromatic rings. The standard InChI is InChI=1S/C19H19NO3S/c1-22-14-11-10-13-6-5-8-17(16(13)12-14)20-23-19(21)15-7-3-4-9-18(15)24-2/h3-4,7-12,20H,5-6H2,1-2H3. The minimum absolute atomic E-state index is 0.393. The number of fused-ring (bicyclic) bond motifs is 1. The number of hydrogen-bond donors (Lipinski definition) is 1. The summed E-state index contributed by atoms with van der Waals surface area (Å²) in [5.41, 5.74) is 6.39. The molecule has 4 nitrogen and oxygen atoms in total. The van der Waals surface area contributed by atoms with Gasteiger partial charge in [0.2, 0.25) is 0 Å². The van der Waals surface area contributed by atoms with E-state index in [0.717, 1.165) is 34.7 Å². The Bertz CT molecular complexity index is 786. The van der Waals surface area contributed by atoms with Gasteiger partial charge in [0, 0.05) is 10.5 Å². The van der Waals surface area contributed by atoms with E-state index < -0.39 is 5.97 Å². The number of hydroxylamine groups is 1. The van der Waals surface area contributed by atoms with Crippen molar-refractivity contribution < 1.29 is 14.4 Å². The SMILES string of the molecule is COc1ccc2c(c1)C(NOC(=O)c1ccccc1SC)=CCC2. The first-order chi connectivity index (χ1) is 11.7. The molecule has 0 bridgehead atoms. The van der Waals surface area contributed by atoms with Crippen LogP contribution >= 0.6 is 11.8 Å². The van der Waals surface area contributed by atoms with Crippen molar-refractivity contribution in [3.8, 4) is 5.75 Å². The third-order valence-electron chi connectivity index (χ3n) is 3.95. The van der Waals surface area contributed by atoms with Crippen LogP contribution in [0.3, 0.4) is 0 Å². The fourth-order valence-corrected chi connectivity index (χ4v) is 3.29. The highest BCUT2D eigenvalue weighted by molar-refractivity contribution is 7.98. The van der Waals surface area contributed by atoms with E-state index in [4.69, 9.17) is 9.57 Å². The van der Waals surface area contributed by atoms with E-state index in [9.17, 15) is 4.79 Å². The lowest BCUT2D eigenvalue weighted by Crippen LogP contribution is -2.21. The molecular formula is C19H19NO3S. The molecule has 0 atom stereocenters. The van der Waals surface area contributed by atoms with Crippen molar-refractivity contribution in [2.75, 3.05) is 13.4 Å². The molecule has 0 saturated heterocycles. The zero-order valence-corrected chi connectivity index (χ0v) is 14.5. The van der Waals surface area contributed by atoms with Crippen molar-refractivity contribution in [2.24, 2.45) is 0 Å². The number of benzene rings is 2. The second-order valence-electron chi connectivity index (χ2n) is 5.37. The van der Waals surface area contributed by atoms with E-state index in [1.165, 1.54) is 17.3 Å². The molecule has 0 fully saturated rings. The Morgan fingerprint density at radius 1 is 1.21 bits per heavy atom. The number of methoxy groups -OCH3 is 1. The molecule has 5 heteroatoms. The Labute approximate surface area is 145 Å². The average Bonchev–Trinajstić information content (AvgIpc) is 2.65. The molecule has 0 heterocycles. The van der Waals surface area contributed by atoms with Crippen molar-refractivity contribution in [3.63, 3.8) is 0 Å². The summed E-state index contributed by atoms with van der Waals surface area (Å²) in [6, 6.07) is 13.4. The van der Waals surface area contributed by atoms with Gasteiger partial charge in [-0.3, -0.25) is 0 Å². The second kappa shape index (κ2) is 7.45. The number of aryl methyl sites for hydroxylation is 1. The predicted octanol–water partition coefficient (Wildman–Crippen LogP) is 4.07. The van der Waals surface area contributed by atoms with Crippen molar-refractivity contribution in [3.05, 3.63) is 65.2 Å². The number of nitrogens with one attached hydrogen (secondary N) is 1. The van der Waals surface area contributed by atoms with Gasteiger partial charge in [0.25, 0.3) is 0 Å². The largest absolute Gasteiger partial charge is 0.497 e. The molecule has 3 rings (SSSR count). The van der Waals surface area contributed by atoms with Crippen LogP contribution in [0.2, 0.25) is 0 Å². The molecule has 1 aliphatic carbocycles. The first-order valence-corrected chi connectivity index (χ1v) is 8.93. The molecule has 0 amide bonds. The maximum atomic E-state index is 12.4. The lowest BCUT2D eigenvalue weighted by atomic mass is 9.95. The summed E-state index contributed by atoms with van der Waals surface area (Å²) in [7, 11) is 1.64. The van der Waals surface area contributed by atoms with Gasteiger partial charge in [-0.25, -0.2) is 10.3 Å². The third kappa shape index (κ3) is 3.41. The van der Waals surface area contributed by atoms with Gasteiger partial charge in [-0.2, -0.15) is 0 Å².